The van der Waals surface area contributed by atoms with E-state index in [1.807, 2.05) is 6.07 Å². The summed E-state index contributed by atoms with van der Waals surface area (Å²) in [6.45, 7) is 1.71. The van der Waals surface area contributed by atoms with E-state index in [1.165, 1.54) is 40.5 Å². The van der Waals surface area contributed by atoms with Crippen molar-refractivity contribution in [2.75, 3.05) is 13.6 Å². The Morgan fingerprint density at radius 1 is 1.25 bits per heavy atom. The molecule has 6 nitrogen and oxygen atoms in total. The van der Waals surface area contributed by atoms with Crippen LogP contribution in [0.15, 0.2) is 36.4 Å². The number of amides is 4. The van der Waals surface area contributed by atoms with Crippen molar-refractivity contribution in [3.63, 3.8) is 0 Å². The molecule has 4 amide bonds. The normalized spacial score (nSPS) is 19.1. The third-order valence-corrected chi connectivity index (χ3v) is 6.00. The van der Waals surface area contributed by atoms with Crippen molar-refractivity contribution >= 4 is 40.8 Å². The van der Waals surface area contributed by atoms with Crippen LogP contribution in [0.3, 0.4) is 0 Å². The number of nitrogens with zero attached hydrogens (tertiary/aromatic N) is 2. The summed E-state index contributed by atoms with van der Waals surface area (Å²) in [5.41, 5.74) is -0.823. The average Bonchev–Trinajstić information content (AvgIpc) is 3.18. The predicted molar refractivity (Wildman–Crippen MR) is 104 cm³/mol. The van der Waals surface area contributed by atoms with Gasteiger partial charge in [0, 0.05) is 11.9 Å². The summed E-state index contributed by atoms with van der Waals surface area (Å²) in [7, 11) is 1.60. The van der Waals surface area contributed by atoms with E-state index in [-0.39, 0.29) is 18.9 Å². The summed E-state index contributed by atoms with van der Waals surface area (Å²) in [6.07, 6.45) is 0.275. The van der Waals surface area contributed by atoms with Crippen molar-refractivity contribution in [1.82, 2.24) is 15.1 Å². The van der Waals surface area contributed by atoms with E-state index in [4.69, 9.17) is 11.6 Å². The van der Waals surface area contributed by atoms with Crippen molar-refractivity contribution < 1.29 is 18.8 Å². The van der Waals surface area contributed by atoms with Crippen LogP contribution in [0.25, 0.3) is 0 Å². The summed E-state index contributed by atoms with van der Waals surface area (Å²) in [6, 6.07) is 8.33. The van der Waals surface area contributed by atoms with Crippen LogP contribution >= 0.6 is 22.9 Å². The molecule has 1 unspecified atom stereocenters. The first-order valence-corrected chi connectivity index (χ1v) is 9.84. The predicted octanol–water partition coefficient (Wildman–Crippen LogP) is 3.36. The van der Waals surface area contributed by atoms with Crippen molar-refractivity contribution in [3.05, 3.63) is 57.0 Å². The van der Waals surface area contributed by atoms with E-state index in [9.17, 15) is 18.8 Å². The molecule has 3 rings (SSSR count). The maximum Gasteiger partial charge on any atom is 0.325 e. The number of hydrogen-bond donors (Lipinski definition) is 1. The molecule has 9 heteroatoms. The molecule has 28 heavy (non-hydrogen) atoms. The maximum atomic E-state index is 13.3. The van der Waals surface area contributed by atoms with Crippen LogP contribution in [0.1, 0.15) is 23.8 Å². The van der Waals surface area contributed by atoms with Gasteiger partial charge in [0.25, 0.3) is 5.91 Å². The third kappa shape index (κ3) is 3.74. The first-order chi connectivity index (χ1) is 13.3. The van der Waals surface area contributed by atoms with Gasteiger partial charge in [-0.15, -0.1) is 11.3 Å². The van der Waals surface area contributed by atoms with Crippen LogP contribution in [0.5, 0.6) is 0 Å². The molecule has 1 aromatic carbocycles. The fourth-order valence-corrected chi connectivity index (χ4v) is 4.30. The average molecular weight is 424 g/mol. The molecular weight excluding hydrogens is 405 g/mol. The number of benzene rings is 1. The highest BCUT2D eigenvalue weighted by molar-refractivity contribution is 7.16. The van der Waals surface area contributed by atoms with E-state index in [0.29, 0.717) is 16.4 Å². The number of hydrogen-bond acceptors (Lipinski definition) is 4. The Kier molecular flexibility index (Phi) is 5.71. The summed E-state index contributed by atoms with van der Waals surface area (Å²) in [5, 5.41) is 2.68. The lowest BCUT2D eigenvalue weighted by Crippen LogP contribution is -2.45. The molecule has 0 aliphatic carbocycles. The molecule has 2 heterocycles. The lowest BCUT2D eigenvalue weighted by atomic mass is 9.87. The quantitative estimate of drug-likeness (QED) is 0.724. The second-order valence-electron chi connectivity index (χ2n) is 6.54. The standard InChI is InChI=1S/C19H19ClFN3O3S/c1-3-19(12-4-6-13(21)7-5-12)17(26)24(18(27)22-19)11-16(25)23(2)10-14-8-9-15(20)28-14/h4-9H,3,10-11H2,1-2H3,(H,22,27). The first kappa shape index (κ1) is 20.3. The fourth-order valence-electron chi connectivity index (χ4n) is 3.16. The number of nitrogens with one attached hydrogen (secondary N) is 1. The van der Waals surface area contributed by atoms with E-state index in [2.05, 4.69) is 5.32 Å². The van der Waals surface area contributed by atoms with Gasteiger partial charge in [-0.3, -0.25) is 14.5 Å². The molecule has 1 N–H and O–H groups in total. The first-order valence-electron chi connectivity index (χ1n) is 8.65. The topological polar surface area (TPSA) is 69.7 Å². The number of thiophene rings is 1. The number of carbonyl (C=O) groups excluding carboxylic acids is 3. The fraction of sp³-hybridized carbons (Fsp3) is 0.316. The van der Waals surface area contributed by atoms with Crippen molar-refractivity contribution in [1.29, 1.82) is 0 Å². The van der Waals surface area contributed by atoms with Crippen LogP contribution in [0, 0.1) is 5.82 Å². The monoisotopic (exact) mass is 423 g/mol. The van der Waals surface area contributed by atoms with E-state index in [0.717, 1.165) is 9.78 Å². The van der Waals surface area contributed by atoms with Gasteiger partial charge in [0.1, 0.15) is 17.9 Å². The minimum Gasteiger partial charge on any atom is -0.339 e. The Bertz CT molecular complexity index is 917. The molecule has 0 saturated carbocycles. The van der Waals surface area contributed by atoms with Crippen LogP contribution in [-0.4, -0.2) is 41.2 Å². The molecule has 1 aliphatic heterocycles. The van der Waals surface area contributed by atoms with Crippen molar-refractivity contribution in [3.8, 4) is 0 Å². The number of halogens is 2. The van der Waals surface area contributed by atoms with Gasteiger partial charge in [-0.25, -0.2) is 9.18 Å². The number of urea groups is 1. The smallest absolute Gasteiger partial charge is 0.325 e. The minimum atomic E-state index is -1.30. The van der Waals surface area contributed by atoms with Crippen molar-refractivity contribution in [2.45, 2.75) is 25.4 Å². The van der Waals surface area contributed by atoms with Gasteiger partial charge in [-0.1, -0.05) is 30.7 Å². The summed E-state index contributed by atoms with van der Waals surface area (Å²) >= 11 is 7.26. The van der Waals surface area contributed by atoms with E-state index in [1.54, 1.807) is 20.0 Å². The zero-order valence-corrected chi connectivity index (χ0v) is 16.9. The van der Waals surface area contributed by atoms with Gasteiger partial charge in [-0.2, -0.15) is 0 Å². The number of likely N-dealkylation sites (N-methyl/N-ethyl adjacent to an activating group) is 1. The highest BCUT2D eigenvalue weighted by Crippen LogP contribution is 2.32. The van der Waals surface area contributed by atoms with Gasteiger partial charge in [0.2, 0.25) is 5.91 Å². The van der Waals surface area contributed by atoms with Crippen LogP contribution < -0.4 is 5.32 Å². The van der Waals surface area contributed by atoms with Crippen LogP contribution in [-0.2, 0) is 21.7 Å². The molecule has 1 fully saturated rings. The molecule has 0 spiro atoms. The molecule has 1 saturated heterocycles. The summed E-state index contributed by atoms with van der Waals surface area (Å²) in [5.74, 6) is -1.33. The van der Waals surface area contributed by atoms with Gasteiger partial charge >= 0.3 is 6.03 Å². The van der Waals surface area contributed by atoms with Gasteiger partial charge < -0.3 is 10.2 Å². The maximum absolute atomic E-state index is 13.3. The summed E-state index contributed by atoms with van der Waals surface area (Å²) < 4.78 is 13.9. The second-order valence-corrected chi connectivity index (χ2v) is 8.34. The zero-order valence-electron chi connectivity index (χ0n) is 15.4. The van der Waals surface area contributed by atoms with Crippen LogP contribution in [0.4, 0.5) is 9.18 Å². The zero-order chi connectivity index (χ0) is 20.5. The highest BCUT2D eigenvalue weighted by Gasteiger charge is 2.51. The minimum absolute atomic E-state index is 0.275. The molecule has 1 aromatic heterocycles. The highest BCUT2D eigenvalue weighted by atomic mass is 35.5. The Morgan fingerprint density at radius 2 is 1.93 bits per heavy atom. The van der Waals surface area contributed by atoms with Gasteiger partial charge in [-0.05, 0) is 36.2 Å². The van der Waals surface area contributed by atoms with Crippen molar-refractivity contribution in [2.24, 2.45) is 0 Å². The Hall–Kier alpha value is -2.45. The van der Waals surface area contributed by atoms with E-state index < -0.39 is 23.3 Å². The molecule has 0 radical (unpaired) electrons. The van der Waals surface area contributed by atoms with Gasteiger partial charge in [0.05, 0.1) is 10.9 Å². The van der Waals surface area contributed by atoms with Crippen LogP contribution in [0.2, 0.25) is 4.34 Å². The number of carbonyl (C=O) groups is 3. The molecular formula is C19H19ClFN3O3S. The number of rotatable bonds is 6. The Morgan fingerprint density at radius 3 is 2.50 bits per heavy atom. The lowest BCUT2D eigenvalue weighted by molar-refractivity contribution is -0.138. The molecule has 1 atom stereocenters. The summed E-state index contributed by atoms with van der Waals surface area (Å²) in [4.78, 5) is 41.3. The molecule has 148 valence electrons. The molecule has 0 bridgehead atoms. The molecule has 1 aliphatic rings. The Labute approximate surface area is 170 Å². The SMILES string of the molecule is CCC1(c2ccc(F)cc2)NC(=O)N(CC(=O)N(C)Cc2ccc(Cl)s2)C1=O. The lowest BCUT2D eigenvalue weighted by Gasteiger charge is -2.26. The molecule has 2 aromatic rings. The van der Waals surface area contributed by atoms with E-state index >= 15 is 0 Å². The Balaban J connectivity index is 1.75. The number of imide groups is 1. The third-order valence-electron chi connectivity index (χ3n) is 4.78. The largest absolute Gasteiger partial charge is 0.339 e. The van der Waals surface area contributed by atoms with Gasteiger partial charge in [0.15, 0.2) is 0 Å². The second kappa shape index (κ2) is 7.89.